The van der Waals surface area contributed by atoms with Gasteiger partial charge in [-0.25, -0.2) is 8.42 Å². The third-order valence-electron chi connectivity index (χ3n) is 5.24. The fraction of sp³-hybridized carbons (Fsp3) is 0.125. The van der Waals surface area contributed by atoms with Crippen LogP contribution < -0.4 is 9.11 Å². The van der Waals surface area contributed by atoms with Crippen LogP contribution in [0.2, 0.25) is 5.02 Å². The minimum atomic E-state index is -3.82. The van der Waals surface area contributed by atoms with E-state index in [9.17, 15) is 18.0 Å². The smallest absolute Gasteiger partial charge is 0.325 e. The number of methoxy groups -OCH3 is 1. The maximum atomic E-state index is 13.0. The number of aromatic nitrogens is 1. The SMILES string of the molecule is COC(=O)Cn1c(=NC(=O)c2ccc(S(=O)(=O)N(C)c3ccccc3)cc2)sc2cccc(Cl)c21. The van der Waals surface area contributed by atoms with Gasteiger partial charge in [0.15, 0.2) is 4.80 Å². The summed E-state index contributed by atoms with van der Waals surface area (Å²) in [6, 6.07) is 19.5. The number of benzene rings is 3. The van der Waals surface area contributed by atoms with Gasteiger partial charge in [-0.15, -0.1) is 0 Å². The Balaban J connectivity index is 1.68. The molecule has 0 N–H and O–H groups in total. The number of hydrogen-bond acceptors (Lipinski definition) is 6. The highest BCUT2D eigenvalue weighted by molar-refractivity contribution is 7.92. The highest BCUT2D eigenvalue weighted by atomic mass is 35.5. The minimum Gasteiger partial charge on any atom is -0.468 e. The van der Waals surface area contributed by atoms with Crippen LogP contribution in [-0.4, -0.2) is 39.0 Å². The van der Waals surface area contributed by atoms with Crippen molar-refractivity contribution in [2.45, 2.75) is 11.4 Å². The molecule has 0 saturated heterocycles. The minimum absolute atomic E-state index is 0.0369. The van der Waals surface area contributed by atoms with Crippen molar-refractivity contribution in [1.82, 2.24) is 4.57 Å². The average molecular weight is 530 g/mol. The van der Waals surface area contributed by atoms with E-state index in [4.69, 9.17) is 16.3 Å². The van der Waals surface area contributed by atoms with Gasteiger partial charge in [0.2, 0.25) is 0 Å². The Morgan fingerprint density at radius 2 is 1.71 bits per heavy atom. The van der Waals surface area contributed by atoms with Crippen LogP contribution in [0.4, 0.5) is 5.69 Å². The number of carbonyl (C=O) groups is 2. The highest BCUT2D eigenvalue weighted by Gasteiger charge is 2.22. The van der Waals surface area contributed by atoms with E-state index in [0.717, 1.165) is 4.70 Å². The number of amides is 1. The van der Waals surface area contributed by atoms with Gasteiger partial charge in [0.25, 0.3) is 15.9 Å². The molecule has 1 amide bonds. The number of esters is 1. The number of rotatable bonds is 6. The number of carbonyl (C=O) groups excluding carboxylic acids is 2. The van der Waals surface area contributed by atoms with Gasteiger partial charge in [-0.1, -0.05) is 47.2 Å². The Morgan fingerprint density at radius 1 is 1.03 bits per heavy atom. The summed E-state index contributed by atoms with van der Waals surface area (Å²) in [4.78, 5) is 29.4. The lowest BCUT2D eigenvalue weighted by molar-refractivity contribution is -0.141. The molecule has 0 radical (unpaired) electrons. The second-order valence-corrected chi connectivity index (χ2v) is 10.8. The van der Waals surface area contributed by atoms with Crippen molar-refractivity contribution in [3.8, 4) is 0 Å². The topological polar surface area (TPSA) is 98.0 Å². The summed E-state index contributed by atoms with van der Waals surface area (Å²) in [6.45, 7) is -0.171. The molecular formula is C24H20ClN3O5S2. The molecule has 1 heterocycles. The standard InChI is InChI=1S/C24H20ClN3O5S2/c1-27(17-7-4-3-5-8-17)35(31,32)18-13-11-16(12-14-18)23(30)26-24-28(15-21(29)33-2)22-19(25)9-6-10-20(22)34-24/h3-14H,15H2,1-2H3. The first-order chi connectivity index (χ1) is 16.7. The normalized spacial score (nSPS) is 12.0. The number of ether oxygens (including phenoxy) is 1. The predicted octanol–water partition coefficient (Wildman–Crippen LogP) is 4.10. The lowest BCUT2D eigenvalue weighted by atomic mass is 10.2. The van der Waals surface area contributed by atoms with Crippen LogP contribution in [0.5, 0.6) is 0 Å². The summed E-state index contributed by atoms with van der Waals surface area (Å²) in [5.41, 5.74) is 1.28. The number of para-hydroxylation sites is 2. The van der Waals surface area contributed by atoms with Crippen LogP contribution in [0.3, 0.4) is 0 Å². The van der Waals surface area contributed by atoms with Crippen LogP contribution in [0.1, 0.15) is 10.4 Å². The van der Waals surface area contributed by atoms with E-state index in [0.29, 0.717) is 16.2 Å². The van der Waals surface area contributed by atoms with Crippen molar-refractivity contribution in [3.63, 3.8) is 0 Å². The second kappa shape index (κ2) is 10.0. The summed E-state index contributed by atoms with van der Waals surface area (Å²) in [7, 11) is -1.08. The van der Waals surface area contributed by atoms with E-state index in [-0.39, 0.29) is 21.8 Å². The largest absolute Gasteiger partial charge is 0.468 e. The summed E-state index contributed by atoms with van der Waals surface area (Å²) >= 11 is 7.54. The molecule has 180 valence electrons. The molecule has 35 heavy (non-hydrogen) atoms. The average Bonchev–Trinajstić information content (AvgIpc) is 3.21. The van der Waals surface area contributed by atoms with Crippen molar-refractivity contribution in [1.29, 1.82) is 0 Å². The van der Waals surface area contributed by atoms with Gasteiger partial charge in [0, 0.05) is 12.6 Å². The van der Waals surface area contributed by atoms with Crippen molar-refractivity contribution < 1.29 is 22.7 Å². The zero-order chi connectivity index (χ0) is 25.2. The predicted molar refractivity (Wildman–Crippen MR) is 135 cm³/mol. The molecule has 0 aliphatic carbocycles. The summed E-state index contributed by atoms with van der Waals surface area (Å²) in [6.07, 6.45) is 0. The van der Waals surface area contributed by atoms with Gasteiger partial charge in [0.05, 0.1) is 32.9 Å². The Kier molecular flexibility index (Phi) is 7.06. The lowest BCUT2D eigenvalue weighted by Crippen LogP contribution is -2.26. The van der Waals surface area contributed by atoms with Gasteiger partial charge >= 0.3 is 5.97 Å². The molecule has 0 unspecified atom stereocenters. The maximum Gasteiger partial charge on any atom is 0.325 e. The fourth-order valence-corrected chi connectivity index (χ4v) is 5.95. The molecule has 4 aromatic rings. The molecule has 0 aliphatic heterocycles. The number of sulfonamides is 1. The van der Waals surface area contributed by atoms with E-state index in [1.165, 1.54) is 58.6 Å². The van der Waals surface area contributed by atoms with E-state index < -0.39 is 21.9 Å². The summed E-state index contributed by atoms with van der Waals surface area (Å²) in [5.74, 6) is -1.11. The van der Waals surface area contributed by atoms with E-state index in [1.54, 1.807) is 42.5 Å². The molecule has 0 fully saturated rings. The third-order valence-corrected chi connectivity index (χ3v) is 8.39. The highest BCUT2D eigenvalue weighted by Crippen LogP contribution is 2.26. The molecule has 0 atom stereocenters. The number of nitrogens with zero attached hydrogens (tertiary/aromatic N) is 3. The number of fused-ring (bicyclic) bond motifs is 1. The quantitative estimate of drug-likeness (QED) is 0.350. The Bertz CT molecular complexity index is 1580. The summed E-state index contributed by atoms with van der Waals surface area (Å²) < 4.78 is 34.2. The van der Waals surface area contributed by atoms with Crippen LogP contribution in [-0.2, 0) is 26.1 Å². The summed E-state index contributed by atoms with van der Waals surface area (Å²) in [5, 5.41) is 0.411. The maximum absolute atomic E-state index is 13.0. The Morgan fingerprint density at radius 3 is 2.37 bits per heavy atom. The monoisotopic (exact) mass is 529 g/mol. The van der Waals surface area contributed by atoms with Gasteiger partial charge < -0.3 is 9.30 Å². The number of thiazole rings is 1. The molecule has 8 nitrogen and oxygen atoms in total. The van der Waals surface area contributed by atoms with E-state index >= 15 is 0 Å². The molecule has 0 spiro atoms. The molecule has 1 aromatic heterocycles. The van der Waals surface area contributed by atoms with Crippen molar-refractivity contribution in [2.24, 2.45) is 4.99 Å². The van der Waals surface area contributed by atoms with Crippen LogP contribution in [0, 0.1) is 0 Å². The fourth-order valence-electron chi connectivity index (χ4n) is 3.37. The molecule has 0 aliphatic rings. The number of anilines is 1. The Labute approximate surface area is 210 Å². The first-order valence-corrected chi connectivity index (χ1v) is 12.9. The van der Waals surface area contributed by atoms with Gasteiger partial charge in [-0.05, 0) is 48.5 Å². The molecule has 0 bridgehead atoms. The number of halogens is 1. The van der Waals surface area contributed by atoms with Crippen molar-refractivity contribution in [2.75, 3.05) is 18.5 Å². The molecular weight excluding hydrogens is 510 g/mol. The lowest BCUT2D eigenvalue weighted by Gasteiger charge is -2.19. The van der Waals surface area contributed by atoms with Crippen LogP contribution in [0.15, 0.2) is 82.7 Å². The third kappa shape index (κ3) is 5.00. The van der Waals surface area contributed by atoms with Crippen molar-refractivity contribution >= 4 is 60.7 Å². The molecule has 3 aromatic carbocycles. The molecule has 4 rings (SSSR count). The van der Waals surface area contributed by atoms with E-state index in [1.807, 2.05) is 6.07 Å². The first-order valence-electron chi connectivity index (χ1n) is 10.3. The van der Waals surface area contributed by atoms with Gasteiger partial charge in [0.1, 0.15) is 6.54 Å². The number of hydrogen-bond donors (Lipinski definition) is 0. The van der Waals surface area contributed by atoms with E-state index in [2.05, 4.69) is 4.99 Å². The van der Waals surface area contributed by atoms with Gasteiger partial charge in [-0.3, -0.25) is 13.9 Å². The second-order valence-electron chi connectivity index (χ2n) is 7.38. The van der Waals surface area contributed by atoms with Crippen molar-refractivity contribution in [3.05, 3.63) is 88.2 Å². The van der Waals surface area contributed by atoms with Crippen LogP contribution >= 0.6 is 22.9 Å². The molecule has 11 heteroatoms. The van der Waals surface area contributed by atoms with Crippen LogP contribution in [0.25, 0.3) is 10.2 Å². The first kappa shape index (κ1) is 24.6. The molecule has 0 saturated carbocycles. The Hall–Kier alpha value is -3.47. The zero-order valence-electron chi connectivity index (χ0n) is 18.7. The van der Waals surface area contributed by atoms with Gasteiger partial charge in [-0.2, -0.15) is 4.99 Å². The zero-order valence-corrected chi connectivity index (χ0v) is 21.1.